The van der Waals surface area contributed by atoms with E-state index in [1.807, 2.05) is 25.1 Å². The molecule has 0 saturated carbocycles. The maximum absolute atomic E-state index is 12.9. The van der Waals surface area contributed by atoms with Gasteiger partial charge in [0.1, 0.15) is 19.0 Å². The first-order chi connectivity index (χ1) is 14.9. The van der Waals surface area contributed by atoms with Gasteiger partial charge in [-0.3, -0.25) is 4.68 Å². The Morgan fingerprint density at radius 3 is 2.87 bits per heavy atom. The Kier molecular flexibility index (Phi) is 7.41. The van der Waals surface area contributed by atoms with E-state index < -0.39 is 19.2 Å². The number of alkyl halides is 3. The number of amides is 1. The minimum atomic E-state index is -2.68. The van der Waals surface area contributed by atoms with Crippen molar-refractivity contribution in [3.8, 4) is 11.1 Å². The third kappa shape index (κ3) is 6.43. The highest BCUT2D eigenvalue weighted by molar-refractivity contribution is 5.70. The predicted octanol–water partition coefficient (Wildman–Crippen LogP) is 4.03. The number of halogens is 3. The van der Waals surface area contributed by atoms with Gasteiger partial charge in [0.25, 0.3) is 6.43 Å². The standard InChI is InChI=1S/C20H21F3N6O2/c1-13-8-14(10-16(9-13)27-19-24-4-2-17(28-19)18(22)23)15-11-26-29(12-15)6-5-25-20(30)31-7-3-21/h2,4,8-12,18H,3,5-7H2,1H3,(H,25,30)(H,24,27,28). The first kappa shape index (κ1) is 22.1. The van der Waals surface area contributed by atoms with Crippen LogP contribution in [0.4, 0.5) is 29.6 Å². The van der Waals surface area contributed by atoms with E-state index in [1.165, 1.54) is 12.3 Å². The van der Waals surface area contributed by atoms with Gasteiger partial charge in [-0.2, -0.15) is 5.10 Å². The molecule has 1 amide bonds. The zero-order valence-corrected chi connectivity index (χ0v) is 16.7. The van der Waals surface area contributed by atoms with Crippen LogP contribution in [0.1, 0.15) is 17.7 Å². The fourth-order valence-corrected chi connectivity index (χ4v) is 2.80. The highest BCUT2D eigenvalue weighted by Crippen LogP contribution is 2.26. The highest BCUT2D eigenvalue weighted by atomic mass is 19.3. The van der Waals surface area contributed by atoms with E-state index in [2.05, 4.69) is 30.4 Å². The van der Waals surface area contributed by atoms with Crippen molar-refractivity contribution >= 4 is 17.7 Å². The first-order valence-electron chi connectivity index (χ1n) is 9.44. The van der Waals surface area contributed by atoms with Gasteiger partial charge in [0.15, 0.2) is 0 Å². The number of hydrogen-bond donors (Lipinski definition) is 2. The van der Waals surface area contributed by atoms with Gasteiger partial charge in [-0.1, -0.05) is 6.07 Å². The molecule has 3 rings (SSSR count). The van der Waals surface area contributed by atoms with Crippen molar-refractivity contribution in [1.82, 2.24) is 25.1 Å². The van der Waals surface area contributed by atoms with E-state index in [-0.39, 0.29) is 24.8 Å². The van der Waals surface area contributed by atoms with Gasteiger partial charge in [0.2, 0.25) is 5.95 Å². The summed E-state index contributed by atoms with van der Waals surface area (Å²) in [6, 6.07) is 6.80. The normalized spacial score (nSPS) is 10.9. The molecule has 3 aromatic rings. The molecule has 8 nitrogen and oxygen atoms in total. The maximum atomic E-state index is 12.9. The van der Waals surface area contributed by atoms with Crippen molar-refractivity contribution in [2.24, 2.45) is 0 Å². The van der Waals surface area contributed by atoms with Gasteiger partial charge in [0, 0.05) is 30.2 Å². The van der Waals surface area contributed by atoms with Gasteiger partial charge in [-0.15, -0.1) is 0 Å². The average molecular weight is 434 g/mol. The second-order valence-electron chi connectivity index (χ2n) is 6.56. The number of nitrogens with zero attached hydrogens (tertiary/aromatic N) is 4. The quantitative estimate of drug-likeness (QED) is 0.528. The monoisotopic (exact) mass is 434 g/mol. The second kappa shape index (κ2) is 10.4. The van der Waals surface area contributed by atoms with E-state index in [4.69, 9.17) is 0 Å². The molecule has 31 heavy (non-hydrogen) atoms. The number of alkyl carbamates (subject to hydrolysis) is 1. The molecule has 164 valence electrons. The predicted molar refractivity (Wildman–Crippen MR) is 108 cm³/mol. The first-order valence-corrected chi connectivity index (χ1v) is 9.44. The second-order valence-corrected chi connectivity index (χ2v) is 6.56. The fourth-order valence-electron chi connectivity index (χ4n) is 2.80. The van der Waals surface area contributed by atoms with Gasteiger partial charge in [-0.05, 0) is 36.2 Å². The molecule has 0 aliphatic heterocycles. The number of nitrogens with one attached hydrogen (secondary N) is 2. The zero-order valence-electron chi connectivity index (χ0n) is 16.7. The number of carbonyl (C=O) groups excluding carboxylic acids is 1. The SMILES string of the molecule is Cc1cc(Nc2nccc(C(F)F)n2)cc(-c2cnn(CCNC(=O)OCCF)c2)c1. The van der Waals surface area contributed by atoms with Crippen molar-refractivity contribution in [2.75, 3.05) is 25.1 Å². The Labute approximate surface area is 176 Å². The van der Waals surface area contributed by atoms with Crippen LogP contribution in [0.2, 0.25) is 0 Å². The molecule has 0 aliphatic carbocycles. The molecule has 0 saturated heterocycles. The molecular formula is C20H21F3N6O2. The number of rotatable bonds is 9. The number of hydrogen-bond acceptors (Lipinski definition) is 6. The number of carbonyl (C=O) groups is 1. The van der Waals surface area contributed by atoms with E-state index in [0.717, 1.165) is 16.7 Å². The third-order valence-electron chi connectivity index (χ3n) is 4.12. The molecule has 1 aromatic carbocycles. The lowest BCUT2D eigenvalue weighted by Crippen LogP contribution is -2.28. The Morgan fingerprint density at radius 2 is 2.10 bits per heavy atom. The van der Waals surface area contributed by atoms with Crippen LogP contribution in [0.5, 0.6) is 0 Å². The minimum absolute atomic E-state index is 0.0794. The van der Waals surface area contributed by atoms with Crippen LogP contribution in [-0.4, -0.2) is 45.7 Å². The summed E-state index contributed by atoms with van der Waals surface area (Å²) in [5.41, 5.74) is 2.92. The van der Waals surface area contributed by atoms with Crippen molar-refractivity contribution < 1.29 is 22.7 Å². The molecule has 2 aromatic heterocycles. The Morgan fingerprint density at radius 1 is 1.26 bits per heavy atom. The average Bonchev–Trinajstić information content (AvgIpc) is 3.21. The fraction of sp³-hybridized carbons (Fsp3) is 0.300. The zero-order chi connectivity index (χ0) is 22.2. The summed E-state index contributed by atoms with van der Waals surface area (Å²) < 4.78 is 43.9. The van der Waals surface area contributed by atoms with Crippen LogP contribution < -0.4 is 10.6 Å². The van der Waals surface area contributed by atoms with Crippen molar-refractivity contribution in [2.45, 2.75) is 19.9 Å². The molecule has 0 bridgehead atoms. The Hall–Kier alpha value is -3.63. The summed E-state index contributed by atoms with van der Waals surface area (Å²) in [5.74, 6) is 0.0794. The Balaban J connectivity index is 1.66. The van der Waals surface area contributed by atoms with E-state index in [0.29, 0.717) is 12.2 Å². The van der Waals surface area contributed by atoms with E-state index in [9.17, 15) is 18.0 Å². The van der Waals surface area contributed by atoms with Gasteiger partial charge in [0.05, 0.1) is 12.7 Å². The summed E-state index contributed by atoms with van der Waals surface area (Å²) in [5, 5.41) is 9.72. The molecule has 11 heteroatoms. The minimum Gasteiger partial charge on any atom is -0.447 e. The summed E-state index contributed by atoms with van der Waals surface area (Å²) in [7, 11) is 0. The molecule has 2 N–H and O–H groups in total. The largest absolute Gasteiger partial charge is 0.447 e. The third-order valence-corrected chi connectivity index (χ3v) is 4.12. The van der Waals surface area contributed by atoms with Crippen LogP contribution in [0.25, 0.3) is 11.1 Å². The van der Waals surface area contributed by atoms with Crippen molar-refractivity contribution in [1.29, 1.82) is 0 Å². The number of benzene rings is 1. The summed E-state index contributed by atoms with van der Waals surface area (Å²) in [6.07, 6.45) is 1.40. The van der Waals surface area contributed by atoms with Crippen LogP contribution >= 0.6 is 0 Å². The lowest BCUT2D eigenvalue weighted by molar-refractivity contribution is 0.137. The summed E-state index contributed by atoms with van der Waals surface area (Å²) in [6.45, 7) is 1.56. The van der Waals surface area contributed by atoms with Crippen LogP contribution in [0.3, 0.4) is 0 Å². The molecule has 0 fully saturated rings. The number of aromatic nitrogens is 4. The van der Waals surface area contributed by atoms with Crippen molar-refractivity contribution in [3.63, 3.8) is 0 Å². The van der Waals surface area contributed by atoms with Crippen LogP contribution in [0, 0.1) is 6.92 Å². The lowest BCUT2D eigenvalue weighted by atomic mass is 10.1. The molecule has 0 spiro atoms. The number of ether oxygens (including phenoxy) is 1. The molecule has 0 unspecified atom stereocenters. The molecule has 0 radical (unpaired) electrons. The topological polar surface area (TPSA) is 94.0 Å². The molecule has 0 atom stereocenters. The van der Waals surface area contributed by atoms with Gasteiger partial charge >= 0.3 is 6.09 Å². The van der Waals surface area contributed by atoms with E-state index >= 15 is 0 Å². The Bertz CT molecular complexity index is 1030. The smallest absolute Gasteiger partial charge is 0.407 e. The van der Waals surface area contributed by atoms with Gasteiger partial charge in [-0.25, -0.2) is 27.9 Å². The van der Waals surface area contributed by atoms with Gasteiger partial charge < -0.3 is 15.4 Å². The number of aryl methyl sites for hydroxylation is 1. The summed E-state index contributed by atoms with van der Waals surface area (Å²) in [4.78, 5) is 19.1. The number of anilines is 2. The van der Waals surface area contributed by atoms with Crippen LogP contribution in [0.15, 0.2) is 42.9 Å². The molecular weight excluding hydrogens is 413 g/mol. The molecule has 2 heterocycles. The molecule has 0 aliphatic rings. The maximum Gasteiger partial charge on any atom is 0.407 e. The lowest BCUT2D eigenvalue weighted by Gasteiger charge is -2.09. The highest BCUT2D eigenvalue weighted by Gasteiger charge is 2.11. The van der Waals surface area contributed by atoms with E-state index in [1.54, 1.807) is 17.1 Å². The summed E-state index contributed by atoms with van der Waals surface area (Å²) >= 11 is 0. The van der Waals surface area contributed by atoms with Crippen LogP contribution in [-0.2, 0) is 11.3 Å². The van der Waals surface area contributed by atoms with Crippen molar-refractivity contribution in [3.05, 3.63) is 54.1 Å².